The van der Waals surface area contributed by atoms with E-state index in [1.165, 1.54) is 28.6 Å². The standard InChI is InChI=1S/C16H12N3.2C16H11N2.C15H10N3.4C12H10N.4Ir/c1-12-17-10-9-16(19-12)14-7-8-15(18-11-14)13-5-3-2-4-6-13;1-2-6-13(7-3-1)16-10-9-14(12-18-16)15-8-4-5-11-17-15;1-2-5-13(6-3-1)16-9-8-15(12-18-16)14-7-4-10-17-11-14;1-2-4-12(5-3-1)14-7-6-13(10-17-14)15-8-9-16-11-18-15;4*1-10-7-8-12(13-9-10)11-5-3-2-4-6-11;;;;/h2-5,7-11H,1H3;1-6,8-12H;1-5,7-12H;1-4,6-11H;4*2-5,7-9H,1H3;;;;/q8*-1;;;;. The Morgan fingerprint density at radius 2 is 0.450 bits per heavy atom. The Morgan fingerprint density at radius 1 is 0.171 bits per heavy atom. The van der Waals surface area contributed by atoms with Crippen LogP contribution in [-0.4, -0.2) is 69.8 Å². The summed E-state index contributed by atoms with van der Waals surface area (Å²) in [7, 11) is 0. The van der Waals surface area contributed by atoms with Crippen LogP contribution in [0.4, 0.5) is 0 Å². The van der Waals surface area contributed by atoms with Crippen molar-refractivity contribution in [2.75, 3.05) is 0 Å². The molecule has 0 saturated heterocycles. The molecule has 642 valence electrons. The Kier molecular flexibility index (Phi) is 41.5. The van der Waals surface area contributed by atoms with Crippen LogP contribution in [0, 0.1) is 83.1 Å². The van der Waals surface area contributed by atoms with Gasteiger partial charge in [0.1, 0.15) is 12.2 Å². The zero-order valence-electron chi connectivity index (χ0n) is 70.9. The van der Waals surface area contributed by atoms with E-state index >= 15 is 0 Å². The smallest absolute Gasteiger partial charge is 0.125 e. The maximum absolute atomic E-state index is 4.47. The van der Waals surface area contributed by atoms with Gasteiger partial charge in [-0.3, -0.25) is 9.97 Å². The van der Waals surface area contributed by atoms with Gasteiger partial charge in [-0.25, -0.2) is 19.9 Å². The molecule has 0 atom stereocenters. The molecular formula is C111H84Ir4N14-8. The summed E-state index contributed by atoms with van der Waals surface area (Å²) in [6, 6.07) is 134. The third-order valence-corrected chi connectivity index (χ3v) is 18.5. The zero-order valence-corrected chi connectivity index (χ0v) is 80.5. The Bertz CT molecular complexity index is 5670. The van der Waals surface area contributed by atoms with Gasteiger partial charge >= 0.3 is 0 Å². The van der Waals surface area contributed by atoms with Crippen molar-refractivity contribution in [3.8, 4) is 135 Å². The van der Waals surface area contributed by atoms with Crippen LogP contribution in [-0.2, 0) is 80.4 Å². The van der Waals surface area contributed by atoms with Crippen LogP contribution in [0.25, 0.3) is 135 Å². The van der Waals surface area contributed by atoms with Crippen LogP contribution < -0.4 is 0 Å². The summed E-state index contributed by atoms with van der Waals surface area (Å²) < 4.78 is 0. The fourth-order valence-electron chi connectivity index (χ4n) is 11.9. The Balaban J connectivity index is 0.000000166. The molecule has 20 rings (SSSR count). The van der Waals surface area contributed by atoms with Crippen LogP contribution in [0.2, 0.25) is 0 Å². The van der Waals surface area contributed by atoms with E-state index in [4.69, 9.17) is 0 Å². The fourth-order valence-corrected chi connectivity index (χ4v) is 11.9. The van der Waals surface area contributed by atoms with Crippen molar-refractivity contribution >= 4 is 0 Å². The minimum absolute atomic E-state index is 0. The number of aryl methyl sites for hydroxylation is 5. The van der Waals surface area contributed by atoms with E-state index in [2.05, 4.69) is 149 Å². The van der Waals surface area contributed by atoms with Crippen LogP contribution in [0.1, 0.15) is 28.1 Å². The molecule has 4 radical (unpaired) electrons. The Labute approximate surface area is 809 Å². The third-order valence-electron chi connectivity index (χ3n) is 18.5. The summed E-state index contributed by atoms with van der Waals surface area (Å²) in [4.78, 5) is 60.1. The van der Waals surface area contributed by atoms with Gasteiger partial charge in [-0.1, -0.05) is 109 Å². The van der Waals surface area contributed by atoms with E-state index in [1.807, 2.05) is 394 Å². The number of aromatic nitrogens is 14. The zero-order chi connectivity index (χ0) is 86.1. The third kappa shape index (κ3) is 31.8. The summed E-state index contributed by atoms with van der Waals surface area (Å²) in [6.07, 6.45) is 25.3. The van der Waals surface area contributed by atoms with Gasteiger partial charge in [0.15, 0.2) is 0 Å². The first-order chi connectivity index (χ1) is 61.6. The van der Waals surface area contributed by atoms with Gasteiger partial charge in [-0.05, 0) is 138 Å². The maximum atomic E-state index is 4.47. The largest absolute Gasteiger partial charge is 0.304 e. The topological polar surface area (TPSA) is 180 Å². The average Bonchev–Trinajstić information content (AvgIpc) is 0.867. The van der Waals surface area contributed by atoms with Crippen molar-refractivity contribution in [3.63, 3.8) is 0 Å². The molecule has 0 aliphatic heterocycles. The van der Waals surface area contributed by atoms with Gasteiger partial charge in [0.05, 0.1) is 17.1 Å². The molecule has 0 unspecified atom stereocenters. The number of benzene rings is 8. The number of nitrogens with zero attached hydrogens (tertiary/aromatic N) is 14. The monoisotopic (exact) mass is 2380 g/mol. The summed E-state index contributed by atoms with van der Waals surface area (Å²) >= 11 is 0. The van der Waals surface area contributed by atoms with Gasteiger partial charge in [-0.15, -0.1) is 287 Å². The number of hydrogen-bond donors (Lipinski definition) is 0. The first kappa shape index (κ1) is 98.8. The van der Waals surface area contributed by atoms with Gasteiger partial charge in [0.25, 0.3) is 0 Å². The first-order valence-electron chi connectivity index (χ1n) is 40.3. The quantitative estimate of drug-likeness (QED) is 0.105. The molecule has 0 N–H and O–H groups in total. The van der Waals surface area contributed by atoms with Crippen molar-refractivity contribution < 1.29 is 80.4 Å². The Hall–Kier alpha value is -14.0. The average molecular weight is 2380 g/mol. The molecule has 0 spiro atoms. The predicted octanol–water partition coefficient (Wildman–Crippen LogP) is 25.0. The van der Waals surface area contributed by atoms with Crippen LogP contribution >= 0.6 is 0 Å². The Morgan fingerprint density at radius 3 is 0.690 bits per heavy atom. The van der Waals surface area contributed by atoms with Crippen LogP contribution in [0.3, 0.4) is 0 Å². The number of hydrogen-bond acceptors (Lipinski definition) is 14. The molecule has 0 aliphatic rings. The molecule has 8 aromatic carbocycles. The van der Waals surface area contributed by atoms with Gasteiger partial charge in [-0.2, -0.15) is 0 Å². The normalized spacial score (nSPS) is 9.81. The molecule has 18 heteroatoms. The SMILES string of the molecule is Cc1ccc(-c2[c-]cccc2)nc1.Cc1ccc(-c2[c-]cccc2)nc1.Cc1ccc(-c2[c-]cccc2)nc1.Cc1ccc(-c2[c-]cccc2)nc1.Cc1nccc(-c2ccc(-c3[c-]cccc3)nc2)n1.[Ir].[Ir].[Ir].[Ir].[c-]1ccccc1-c1ccc(-c2ccccn2)cn1.[c-]1ccccc1-c1ccc(-c2cccnc2)cn1.[c-]1ccccc1-c1ccc(-c2ccncn2)cn1. The second-order valence-electron chi connectivity index (χ2n) is 27.9. The maximum Gasteiger partial charge on any atom is 0.125 e. The molecule has 12 aromatic heterocycles. The van der Waals surface area contributed by atoms with Gasteiger partial charge in [0, 0.05) is 183 Å². The molecule has 0 fully saturated rings. The van der Waals surface area contributed by atoms with Crippen LogP contribution in [0.15, 0.2) is 421 Å². The van der Waals surface area contributed by atoms with E-state index in [0.717, 1.165) is 141 Å². The van der Waals surface area contributed by atoms with E-state index in [1.54, 1.807) is 24.8 Å². The van der Waals surface area contributed by atoms with Crippen molar-refractivity contribution in [2.24, 2.45) is 0 Å². The number of pyridine rings is 10. The van der Waals surface area contributed by atoms with E-state index < -0.39 is 0 Å². The van der Waals surface area contributed by atoms with Gasteiger partial charge < -0.3 is 39.9 Å². The molecule has 0 saturated carbocycles. The van der Waals surface area contributed by atoms with E-state index in [9.17, 15) is 0 Å². The molecule has 0 bridgehead atoms. The van der Waals surface area contributed by atoms with Crippen molar-refractivity contribution in [1.29, 1.82) is 0 Å². The molecule has 14 nitrogen and oxygen atoms in total. The molecule has 129 heavy (non-hydrogen) atoms. The van der Waals surface area contributed by atoms with Crippen molar-refractivity contribution in [2.45, 2.75) is 34.6 Å². The summed E-state index contributed by atoms with van der Waals surface area (Å²) in [6.45, 7) is 10.0. The molecule has 12 heterocycles. The number of rotatable bonds is 12. The van der Waals surface area contributed by atoms with Gasteiger partial charge in [0.2, 0.25) is 0 Å². The molecule has 0 amide bonds. The molecule has 0 aliphatic carbocycles. The second kappa shape index (κ2) is 54.1. The minimum atomic E-state index is 0. The minimum Gasteiger partial charge on any atom is -0.304 e. The summed E-state index contributed by atoms with van der Waals surface area (Å²) in [5.74, 6) is 0.762. The van der Waals surface area contributed by atoms with Crippen molar-refractivity contribution in [3.05, 3.63) is 497 Å². The van der Waals surface area contributed by atoms with Crippen molar-refractivity contribution in [1.82, 2.24) is 69.8 Å². The first-order valence-corrected chi connectivity index (χ1v) is 40.3. The summed E-state index contributed by atoms with van der Waals surface area (Å²) in [5, 5.41) is 0. The van der Waals surface area contributed by atoms with E-state index in [0.29, 0.717) is 0 Å². The fraction of sp³-hybridized carbons (Fsp3) is 0.0450. The second-order valence-corrected chi connectivity index (χ2v) is 27.9. The van der Waals surface area contributed by atoms with E-state index in [-0.39, 0.29) is 80.4 Å². The van der Waals surface area contributed by atoms with Crippen LogP contribution in [0.5, 0.6) is 0 Å². The molecule has 20 aromatic rings. The predicted molar refractivity (Wildman–Crippen MR) is 500 cm³/mol. The molecular weight excluding hydrogens is 2300 g/mol. The summed E-state index contributed by atoms with van der Waals surface area (Å²) in [5.41, 5.74) is 28.3.